The van der Waals surface area contributed by atoms with Gasteiger partial charge in [-0.05, 0) is 66.8 Å². The fourth-order valence-corrected chi connectivity index (χ4v) is 4.72. The highest BCUT2D eigenvalue weighted by atomic mass is 32.2. The number of rotatable bonds is 15. The summed E-state index contributed by atoms with van der Waals surface area (Å²) in [5, 5.41) is 0. The maximum atomic E-state index is 11.8. The molecule has 0 amide bonds. The molecular weight excluding hydrogens is 502 g/mol. The lowest BCUT2D eigenvalue weighted by Gasteiger charge is -2.13. The Bertz CT molecular complexity index is 1180. The summed E-state index contributed by atoms with van der Waals surface area (Å²) < 4.78 is 20.9. The molecule has 0 bridgehead atoms. The van der Waals surface area contributed by atoms with Crippen molar-refractivity contribution in [2.45, 2.75) is 43.6 Å². The van der Waals surface area contributed by atoms with Crippen LogP contribution in [0.15, 0.2) is 60.7 Å². The van der Waals surface area contributed by atoms with Crippen LogP contribution in [0.1, 0.15) is 52.1 Å². The quantitative estimate of drug-likeness (QED) is 0.177. The second-order valence-corrected chi connectivity index (χ2v) is 9.65. The molecule has 0 unspecified atom stereocenters. The lowest BCUT2D eigenvalue weighted by atomic mass is 10.1. The van der Waals surface area contributed by atoms with Crippen molar-refractivity contribution in [1.82, 2.24) is 4.98 Å². The van der Waals surface area contributed by atoms with Gasteiger partial charge in [0, 0.05) is 17.9 Å². The number of pyridine rings is 1. The van der Waals surface area contributed by atoms with Crippen LogP contribution in [0, 0.1) is 0 Å². The summed E-state index contributed by atoms with van der Waals surface area (Å²) in [6, 6.07) is 19.5. The van der Waals surface area contributed by atoms with Crippen LogP contribution in [0.25, 0.3) is 0 Å². The summed E-state index contributed by atoms with van der Waals surface area (Å²) in [4.78, 5) is 28.3. The zero-order chi connectivity index (χ0) is 27.2. The number of esters is 2. The lowest BCUT2D eigenvalue weighted by Crippen LogP contribution is -2.07. The van der Waals surface area contributed by atoms with Crippen molar-refractivity contribution in [2.24, 2.45) is 0 Å². The van der Waals surface area contributed by atoms with Crippen LogP contribution in [0.2, 0.25) is 0 Å². The minimum Gasteiger partial charge on any atom is -0.497 e. The van der Waals surface area contributed by atoms with Crippen molar-refractivity contribution in [3.63, 3.8) is 0 Å². The molecule has 0 atom stereocenters. The molecule has 0 aliphatic heterocycles. The van der Waals surface area contributed by atoms with Crippen LogP contribution in [0.4, 0.5) is 0 Å². The van der Waals surface area contributed by atoms with Gasteiger partial charge in [-0.1, -0.05) is 24.3 Å². The number of nitrogens with zero attached hydrogens (tertiary/aromatic N) is 1. The molecule has 7 nitrogen and oxygen atoms in total. The Morgan fingerprint density at radius 3 is 2.39 bits per heavy atom. The monoisotopic (exact) mass is 537 g/mol. The van der Waals surface area contributed by atoms with Crippen molar-refractivity contribution in [2.75, 3.05) is 27.9 Å². The van der Waals surface area contributed by atoms with E-state index in [1.165, 1.54) is 19.8 Å². The van der Waals surface area contributed by atoms with E-state index >= 15 is 0 Å². The molecule has 0 aliphatic rings. The SMILES string of the molecule is COC(=O)CCc1nc(CSCc2cccc(C(=O)OC)c2)ccc1OCCCCc1ccc(OC)cc1. The van der Waals surface area contributed by atoms with Crippen molar-refractivity contribution in [1.29, 1.82) is 0 Å². The number of aryl methyl sites for hydroxylation is 2. The number of carbonyl (C=O) groups excluding carboxylic acids is 2. The van der Waals surface area contributed by atoms with Gasteiger partial charge in [-0.2, -0.15) is 11.8 Å². The zero-order valence-electron chi connectivity index (χ0n) is 22.2. The first kappa shape index (κ1) is 29.0. The molecule has 8 heteroatoms. The van der Waals surface area contributed by atoms with Gasteiger partial charge in [-0.25, -0.2) is 4.79 Å². The number of hydrogen-bond donors (Lipinski definition) is 0. The van der Waals surface area contributed by atoms with Gasteiger partial charge in [0.05, 0.1) is 51.3 Å². The molecular formula is C30H35NO6S. The Labute approximate surface area is 228 Å². The molecule has 0 spiro atoms. The fraction of sp³-hybridized carbons (Fsp3) is 0.367. The first-order chi connectivity index (χ1) is 18.5. The van der Waals surface area contributed by atoms with E-state index in [1.54, 1.807) is 24.9 Å². The minimum absolute atomic E-state index is 0.244. The number of benzene rings is 2. The fourth-order valence-electron chi connectivity index (χ4n) is 3.83. The summed E-state index contributed by atoms with van der Waals surface area (Å²) in [6.07, 6.45) is 3.58. The zero-order valence-corrected chi connectivity index (χ0v) is 23.1. The average molecular weight is 538 g/mol. The molecule has 38 heavy (non-hydrogen) atoms. The Morgan fingerprint density at radius 2 is 1.66 bits per heavy atom. The second kappa shape index (κ2) is 15.7. The van der Waals surface area contributed by atoms with E-state index in [-0.39, 0.29) is 18.4 Å². The standard InChI is InChI=1S/C30H35NO6S/c1-34-26-13-10-22(11-14-26)7-4-5-18-37-28-16-12-25(31-27(28)15-17-29(32)35-2)21-38-20-23-8-6-9-24(19-23)30(33)36-3/h6,8-14,16,19H,4-5,7,15,17-18,20-21H2,1-3H3. The predicted molar refractivity (Wildman–Crippen MR) is 149 cm³/mol. The Balaban J connectivity index is 1.53. The van der Waals surface area contributed by atoms with E-state index in [1.807, 2.05) is 42.5 Å². The van der Waals surface area contributed by atoms with Crippen molar-refractivity contribution < 1.29 is 28.5 Å². The van der Waals surface area contributed by atoms with Crippen LogP contribution < -0.4 is 9.47 Å². The molecule has 0 radical (unpaired) electrons. The highest BCUT2D eigenvalue weighted by molar-refractivity contribution is 7.97. The van der Waals surface area contributed by atoms with E-state index in [0.717, 1.165) is 47.7 Å². The molecule has 3 rings (SSSR count). The third kappa shape index (κ3) is 9.41. The molecule has 1 aromatic heterocycles. The second-order valence-electron chi connectivity index (χ2n) is 8.66. The van der Waals surface area contributed by atoms with Crippen molar-refractivity contribution in [3.8, 4) is 11.5 Å². The Hall–Kier alpha value is -3.52. The summed E-state index contributed by atoms with van der Waals surface area (Å²) in [7, 11) is 4.43. The summed E-state index contributed by atoms with van der Waals surface area (Å²) in [5.74, 6) is 2.37. The summed E-state index contributed by atoms with van der Waals surface area (Å²) >= 11 is 1.70. The molecule has 0 aliphatic carbocycles. The van der Waals surface area contributed by atoms with Crippen LogP contribution in [0.5, 0.6) is 11.5 Å². The van der Waals surface area contributed by atoms with Gasteiger partial charge >= 0.3 is 11.9 Å². The molecule has 0 saturated carbocycles. The van der Waals surface area contributed by atoms with E-state index in [2.05, 4.69) is 12.1 Å². The van der Waals surface area contributed by atoms with Gasteiger partial charge in [-0.3, -0.25) is 9.78 Å². The minimum atomic E-state index is -0.343. The Kier molecular flexibility index (Phi) is 12.0. The third-order valence-corrected chi connectivity index (χ3v) is 6.96. The third-order valence-electron chi connectivity index (χ3n) is 5.93. The summed E-state index contributed by atoms with van der Waals surface area (Å²) in [6.45, 7) is 0.577. The predicted octanol–water partition coefficient (Wildman–Crippen LogP) is 5.82. The van der Waals surface area contributed by atoms with E-state index < -0.39 is 0 Å². The largest absolute Gasteiger partial charge is 0.497 e. The number of carbonyl (C=O) groups is 2. The number of thioether (sulfide) groups is 1. The number of ether oxygens (including phenoxy) is 4. The first-order valence-electron chi connectivity index (χ1n) is 12.6. The van der Waals surface area contributed by atoms with E-state index in [0.29, 0.717) is 30.1 Å². The van der Waals surface area contributed by atoms with Crippen LogP contribution in [-0.2, 0) is 38.6 Å². The Morgan fingerprint density at radius 1 is 0.842 bits per heavy atom. The normalized spacial score (nSPS) is 10.6. The van der Waals surface area contributed by atoms with Crippen molar-refractivity contribution >= 4 is 23.7 Å². The van der Waals surface area contributed by atoms with E-state index in [4.69, 9.17) is 23.9 Å². The van der Waals surface area contributed by atoms with Crippen LogP contribution in [-0.4, -0.2) is 44.9 Å². The lowest BCUT2D eigenvalue weighted by molar-refractivity contribution is -0.140. The number of methoxy groups -OCH3 is 3. The molecule has 202 valence electrons. The smallest absolute Gasteiger partial charge is 0.337 e. The molecule has 0 saturated heterocycles. The molecule has 0 fully saturated rings. The molecule has 3 aromatic rings. The van der Waals surface area contributed by atoms with Gasteiger partial charge in [0.1, 0.15) is 11.5 Å². The topological polar surface area (TPSA) is 84.0 Å². The van der Waals surface area contributed by atoms with Crippen molar-refractivity contribution in [3.05, 3.63) is 88.7 Å². The maximum absolute atomic E-state index is 11.8. The molecule has 0 N–H and O–H groups in total. The van der Waals surface area contributed by atoms with Gasteiger partial charge in [0.2, 0.25) is 0 Å². The number of unbranched alkanes of at least 4 members (excludes halogenated alkanes) is 1. The van der Waals surface area contributed by atoms with Crippen LogP contribution >= 0.6 is 11.8 Å². The highest BCUT2D eigenvalue weighted by Gasteiger charge is 2.12. The maximum Gasteiger partial charge on any atom is 0.337 e. The molecule has 1 heterocycles. The van der Waals surface area contributed by atoms with Crippen LogP contribution in [0.3, 0.4) is 0 Å². The van der Waals surface area contributed by atoms with Gasteiger partial charge in [-0.15, -0.1) is 0 Å². The van der Waals surface area contributed by atoms with E-state index in [9.17, 15) is 9.59 Å². The first-order valence-corrected chi connectivity index (χ1v) is 13.7. The number of hydrogen-bond acceptors (Lipinski definition) is 8. The average Bonchev–Trinajstić information content (AvgIpc) is 2.96. The number of aromatic nitrogens is 1. The molecule has 2 aromatic carbocycles. The highest BCUT2D eigenvalue weighted by Crippen LogP contribution is 2.24. The van der Waals surface area contributed by atoms with Gasteiger partial charge in [0.25, 0.3) is 0 Å². The van der Waals surface area contributed by atoms with Gasteiger partial charge < -0.3 is 18.9 Å². The summed E-state index contributed by atoms with van der Waals surface area (Å²) in [5.41, 5.74) is 4.52. The van der Waals surface area contributed by atoms with Gasteiger partial charge in [0.15, 0.2) is 0 Å².